The van der Waals surface area contributed by atoms with Crippen LogP contribution in [0.3, 0.4) is 0 Å². The van der Waals surface area contributed by atoms with Crippen molar-refractivity contribution in [3.8, 4) is 0 Å². The topological polar surface area (TPSA) is 80.0 Å². The van der Waals surface area contributed by atoms with Gasteiger partial charge in [-0.15, -0.1) is 0 Å². The highest BCUT2D eigenvalue weighted by molar-refractivity contribution is 6.11. The molecule has 0 amide bonds. The minimum Gasteiger partial charge on any atom is -0.353 e. The molecule has 0 unspecified atom stereocenters. The van der Waals surface area contributed by atoms with E-state index in [9.17, 15) is 10.1 Å². The molecule has 120 valence electrons. The van der Waals surface area contributed by atoms with Crippen LogP contribution < -0.4 is 5.48 Å². The van der Waals surface area contributed by atoms with Crippen LogP contribution in [-0.4, -0.2) is 48.9 Å². The Labute approximate surface area is 133 Å². The number of nitrogens with one attached hydrogen (secondary N) is 1. The average molecular weight is 314 g/mol. The number of nitrogens with zero attached hydrogens (tertiary/aromatic N) is 3. The molecular formula is C16H18N4O3. The molecule has 3 rings (SSSR count). The third kappa shape index (κ3) is 3.01. The van der Waals surface area contributed by atoms with Gasteiger partial charge in [-0.05, 0) is 11.5 Å². The Morgan fingerprint density at radius 2 is 2.09 bits per heavy atom. The van der Waals surface area contributed by atoms with Crippen molar-refractivity contribution in [1.82, 2.24) is 10.4 Å². The van der Waals surface area contributed by atoms with Crippen LogP contribution in [0.4, 0.5) is 5.69 Å². The predicted octanol–water partition coefficient (Wildman–Crippen LogP) is 1.96. The summed E-state index contributed by atoms with van der Waals surface area (Å²) in [5.74, 6) is 0.883. The van der Waals surface area contributed by atoms with E-state index in [4.69, 9.17) is 4.84 Å². The van der Waals surface area contributed by atoms with E-state index in [1.165, 1.54) is 6.07 Å². The first-order valence-corrected chi connectivity index (χ1v) is 7.44. The lowest BCUT2D eigenvalue weighted by Crippen LogP contribution is -2.35. The molecule has 7 nitrogen and oxygen atoms in total. The van der Waals surface area contributed by atoms with Crippen molar-refractivity contribution < 1.29 is 9.76 Å². The fourth-order valence-electron chi connectivity index (χ4n) is 2.89. The minimum absolute atomic E-state index is 0.121. The van der Waals surface area contributed by atoms with Gasteiger partial charge in [-0.2, -0.15) is 0 Å². The van der Waals surface area contributed by atoms with Crippen molar-refractivity contribution in [2.24, 2.45) is 4.99 Å². The summed E-state index contributed by atoms with van der Waals surface area (Å²) in [5, 5.41) is 12.7. The molecule has 1 N–H and O–H groups in total. The molecule has 0 saturated heterocycles. The fraction of sp³-hybridized carbons (Fsp3) is 0.312. The van der Waals surface area contributed by atoms with Gasteiger partial charge in [-0.25, -0.2) is 5.48 Å². The van der Waals surface area contributed by atoms with Crippen molar-refractivity contribution in [2.75, 3.05) is 33.3 Å². The Balaban J connectivity index is 1.99. The zero-order valence-electron chi connectivity index (χ0n) is 12.9. The van der Waals surface area contributed by atoms with Crippen LogP contribution in [0.1, 0.15) is 5.56 Å². The Morgan fingerprint density at radius 3 is 2.87 bits per heavy atom. The Kier molecular flexibility index (Phi) is 4.50. The number of fused-ring (bicyclic) bond motifs is 1. The molecule has 23 heavy (non-hydrogen) atoms. The number of hydroxylamine groups is 1. The molecule has 0 fully saturated rings. The molecule has 1 heterocycles. The predicted molar refractivity (Wildman–Crippen MR) is 88.6 cm³/mol. The third-order valence-corrected chi connectivity index (χ3v) is 3.90. The molecular weight excluding hydrogens is 296 g/mol. The molecule has 2 aromatic rings. The van der Waals surface area contributed by atoms with E-state index in [-0.39, 0.29) is 10.6 Å². The molecule has 0 bridgehead atoms. The maximum Gasteiger partial charge on any atom is 0.277 e. The standard InChI is InChI=1S/C16H18N4O3/c1-23-18-9-11-19-10-8-17-16(19)14-6-2-5-13-12(14)4-3-7-15(13)20(21)22/h2-7,18H,8-11H2,1H3. The number of nitro groups is 1. The van der Waals surface area contributed by atoms with Gasteiger partial charge in [-0.3, -0.25) is 15.1 Å². The van der Waals surface area contributed by atoms with Crippen LogP contribution in [0.15, 0.2) is 41.4 Å². The number of hydrogen-bond donors (Lipinski definition) is 1. The summed E-state index contributed by atoms with van der Waals surface area (Å²) in [6.07, 6.45) is 0. The van der Waals surface area contributed by atoms with Crippen molar-refractivity contribution >= 4 is 22.3 Å². The number of hydrogen-bond acceptors (Lipinski definition) is 6. The van der Waals surface area contributed by atoms with Crippen LogP contribution in [0.25, 0.3) is 10.8 Å². The summed E-state index contributed by atoms with van der Waals surface area (Å²) in [6.45, 7) is 3.01. The Hall–Kier alpha value is -2.51. The average Bonchev–Trinajstić information content (AvgIpc) is 3.02. The van der Waals surface area contributed by atoms with Gasteiger partial charge >= 0.3 is 0 Å². The van der Waals surface area contributed by atoms with Gasteiger partial charge in [0.2, 0.25) is 0 Å². The van der Waals surface area contributed by atoms with E-state index < -0.39 is 0 Å². The first-order valence-electron chi connectivity index (χ1n) is 7.44. The minimum atomic E-state index is -0.344. The summed E-state index contributed by atoms with van der Waals surface area (Å²) in [5.41, 5.74) is 3.87. The number of aliphatic imine (C=N–C) groups is 1. The lowest BCUT2D eigenvalue weighted by Gasteiger charge is -2.21. The molecule has 0 saturated carbocycles. The molecule has 0 atom stereocenters. The van der Waals surface area contributed by atoms with Gasteiger partial charge in [0.15, 0.2) is 0 Å². The number of benzene rings is 2. The molecule has 1 aliphatic heterocycles. The monoisotopic (exact) mass is 314 g/mol. The van der Waals surface area contributed by atoms with Gasteiger partial charge in [0.05, 0.1) is 24.0 Å². The van der Waals surface area contributed by atoms with Crippen molar-refractivity contribution in [2.45, 2.75) is 0 Å². The van der Waals surface area contributed by atoms with E-state index in [0.717, 1.165) is 36.4 Å². The fourth-order valence-corrected chi connectivity index (χ4v) is 2.89. The number of nitro benzene ring substituents is 1. The molecule has 0 aromatic heterocycles. The molecule has 0 aliphatic carbocycles. The first-order chi connectivity index (χ1) is 11.2. The van der Waals surface area contributed by atoms with E-state index >= 15 is 0 Å². The lowest BCUT2D eigenvalue weighted by molar-refractivity contribution is -0.383. The highest BCUT2D eigenvalue weighted by atomic mass is 16.6. The highest BCUT2D eigenvalue weighted by Crippen LogP contribution is 2.29. The normalized spacial score (nSPS) is 14.3. The zero-order chi connectivity index (χ0) is 16.2. The van der Waals surface area contributed by atoms with Crippen LogP contribution in [0, 0.1) is 10.1 Å². The molecule has 0 radical (unpaired) electrons. The quantitative estimate of drug-likeness (QED) is 0.501. The van der Waals surface area contributed by atoms with E-state index in [2.05, 4.69) is 15.4 Å². The maximum atomic E-state index is 11.2. The van der Waals surface area contributed by atoms with E-state index in [1.54, 1.807) is 19.2 Å². The second-order valence-corrected chi connectivity index (χ2v) is 5.23. The van der Waals surface area contributed by atoms with Gasteiger partial charge in [0.25, 0.3) is 5.69 Å². The first kappa shape index (κ1) is 15.4. The second-order valence-electron chi connectivity index (χ2n) is 5.23. The van der Waals surface area contributed by atoms with Crippen LogP contribution in [0.5, 0.6) is 0 Å². The third-order valence-electron chi connectivity index (χ3n) is 3.90. The zero-order valence-corrected chi connectivity index (χ0v) is 12.9. The smallest absolute Gasteiger partial charge is 0.277 e. The maximum absolute atomic E-state index is 11.2. The Bertz CT molecular complexity index is 760. The van der Waals surface area contributed by atoms with Gasteiger partial charge in [-0.1, -0.05) is 24.3 Å². The van der Waals surface area contributed by atoms with E-state index in [1.807, 2.05) is 18.2 Å². The molecule has 7 heteroatoms. The summed E-state index contributed by atoms with van der Waals surface area (Å²) in [6, 6.07) is 10.7. The van der Waals surface area contributed by atoms with Crippen LogP contribution in [-0.2, 0) is 4.84 Å². The van der Waals surface area contributed by atoms with Crippen molar-refractivity contribution in [3.63, 3.8) is 0 Å². The number of rotatable bonds is 6. The summed E-state index contributed by atoms with van der Waals surface area (Å²) >= 11 is 0. The second kappa shape index (κ2) is 6.72. The highest BCUT2D eigenvalue weighted by Gasteiger charge is 2.21. The van der Waals surface area contributed by atoms with Gasteiger partial charge in [0, 0.05) is 31.3 Å². The number of amidine groups is 1. The van der Waals surface area contributed by atoms with Crippen LogP contribution >= 0.6 is 0 Å². The van der Waals surface area contributed by atoms with Crippen LogP contribution in [0.2, 0.25) is 0 Å². The SMILES string of the molecule is CONCCN1CCN=C1c1cccc2c([N+](=O)[O-])cccc12. The summed E-state index contributed by atoms with van der Waals surface area (Å²) < 4.78 is 0. The van der Waals surface area contributed by atoms with Crippen molar-refractivity contribution in [1.29, 1.82) is 0 Å². The number of non-ortho nitro benzene ring substituents is 1. The van der Waals surface area contributed by atoms with Gasteiger partial charge in [0.1, 0.15) is 5.84 Å². The summed E-state index contributed by atoms with van der Waals surface area (Å²) in [4.78, 5) is 22.5. The van der Waals surface area contributed by atoms with Gasteiger partial charge < -0.3 is 9.74 Å². The molecule has 2 aromatic carbocycles. The molecule has 0 spiro atoms. The summed E-state index contributed by atoms with van der Waals surface area (Å²) in [7, 11) is 1.59. The van der Waals surface area contributed by atoms with Crippen molar-refractivity contribution in [3.05, 3.63) is 52.1 Å². The lowest BCUT2D eigenvalue weighted by atomic mass is 10.0. The Morgan fingerprint density at radius 1 is 1.30 bits per heavy atom. The van der Waals surface area contributed by atoms with E-state index in [0.29, 0.717) is 11.9 Å². The largest absolute Gasteiger partial charge is 0.353 e. The molecule has 1 aliphatic rings.